The van der Waals surface area contributed by atoms with Crippen LogP contribution in [0.4, 0.5) is 11.4 Å². The van der Waals surface area contributed by atoms with E-state index in [0.717, 1.165) is 24.2 Å². The van der Waals surface area contributed by atoms with Crippen LogP contribution in [0.2, 0.25) is 0 Å². The molecule has 5 rings (SSSR count). The zero-order valence-electron chi connectivity index (χ0n) is 16.6. The van der Waals surface area contributed by atoms with Crippen LogP contribution in [0.5, 0.6) is 0 Å². The van der Waals surface area contributed by atoms with Crippen LogP contribution in [-0.2, 0) is 4.79 Å². The van der Waals surface area contributed by atoms with Crippen LogP contribution in [-0.4, -0.2) is 23.3 Å². The largest absolute Gasteiger partial charge is 0.462 e. The Kier molecular flexibility index (Phi) is 5.09. The molecule has 3 heterocycles. The van der Waals surface area contributed by atoms with Gasteiger partial charge in [-0.1, -0.05) is 30.3 Å². The number of hydrogen-bond acceptors (Lipinski definition) is 5. The summed E-state index contributed by atoms with van der Waals surface area (Å²) in [6.07, 6.45) is 3.05. The van der Waals surface area contributed by atoms with Gasteiger partial charge in [-0.15, -0.1) is 11.3 Å². The van der Waals surface area contributed by atoms with E-state index >= 15 is 0 Å². The van der Waals surface area contributed by atoms with Gasteiger partial charge in [-0.05, 0) is 42.8 Å². The lowest BCUT2D eigenvalue weighted by Crippen LogP contribution is -2.23. The minimum atomic E-state index is -0.237. The number of rotatable bonds is 5. The number of nitrogens with zero attached hydrogens (tertiary/aromatic N) is 2. The van der Waals surface area contributed by atoms with Crippen molar-refractivity contribution in [3.8, 4) is 22.0 Å². The van der Waals surface area contributed by atoms with Gasteiger partial charge in [0.1, 0.15) is 4.88 Å². The van der Waals surface area contributed by atoms with Gasteiger partial charge < -0.3 is 14.6 Å². The molecule has 0 radical (unpaired) electrons. The highest BCUT2D eigenvalue weighted by Gasteiger charge is 2.23. The molecule has 1 aliphatic heterocycles. The van der Waals surface area contributed by atoms with Gasteiger partial charge in [0.05, 0.1) is 12.0 Å². The van der Waals surface area contributed by atoms with Gasteiger partial charge in [-0.2, -0.15) is 0 Å². The maximum Gasteiger partial charge on any atom is 0.268 e. The van der Waals surface area contributed by atoms with Crippen molar-refractivity contribution in [2.45, 2.75) is 12.8 Å². The predicted octanol–water partition coefficient (Wildman–Crippen LogP) is 5.45. The lowest BCUT2D eigenvalue weighted by Gasteiger charge is -2.16. The molecule has 0 aliphatic carbocycles. The number of nitrogens with one attached hydrogen (secondary N) is 1. The molecule has 0 spiro atoms. The standard InChI is InChI=1S/C24H19N3O3S/c28-20-9-4-14-27(20)18-12-10-17(11-13-18)25-23(29)22-21(16-6-2-1-3-7-16)26-24(31-22)19-8-5-15-30-19/h1-3,5-8,10-13,15H,4,9,14H2,(H,25,29). The van der Waals surface area contributed by atoms with Gasteiger partial charge >= 0.3 is 0 Å². The van der Waals surface area contributed by atoms with Crippen molar-refractivity contribution in [1.29, 1.82) is 0 Å². The normalized spacial score (nSPS) is 13.5. The maximum atomic E-state index is 13.1. The van der Waals surface area contributed by atoms with Crippen LogP contribution in [0.15, 0.2) is 77.4 Å². The molecule has 1 aliphatic rings. The van der Waals surface area contributed by atoms with Crippen molar-refractivity contribution >= 4 is 34.5 Å². The second kappa shape index (κ2) is 8.20. The van der Waals surface area contributed by atoms with Crippen LogP contribution < -0.4 is 10.2 Å². The van der Waals surface area contributed by atoms with Gasteiger partial charge in [-0.25, -0.2) is 4.98 Å². The van der Waals surface area contributed by atoms with E-state index in [1.165, 1.54) is 11.3 Å². The highest BCUT2D eigenvalue weighted by Crippen LogP contribution is 2.34. The van der Waals surface area contributed by atoms with Gasteiger partial charge in [-0.3, -0.25) is 9.59 Å². The lowest BCUT2D eigenvalue weighted by molar-refractivity contribution is -0.117. The Morgan fingerprint density at radius 1 is 1.03 bits per heavy atom. The first-order valence-corrected chi connectivity index (χ1v) is 10.8. The summed E-state index contributed by atoms with van der Waals surface area (Å²) in [7, 11) is 0. The van der Waals surface area contributed by atoms with E-state index in [2.05, 4.69) is 10.3 Å². The minimum Gasteiger partial charge on any atom is -0.462 e. The zero-order chi connectivity index (χ0) is 21.2. The number of aromatic nitrogens is 1. The number of benzene rings is 2. The summed E-state index contributed by atoms with van der Waals surface area (Å²) in [4.78, 5) is 32.1. The van der Waals surface area contributed by atoms with E-state index in [1.54, 1.807) is 17.2 Å². The molecular formula is C24H19N3O3S. The summed E-state index contributed by atoms with van der Waals surface area (Å²) in [6.45, 7) is 0.737. The summed E-state index contributed by atoms with van der Waals surface area (Å²) in [5, 5.41) is 3.60. The fourth-order valence-corrected chi connectivity index (χ4v) is 4.56. The Balaban J connectivity index is 1.43. The first-order chi connectivity index (χ1) is 15.2. The summed E-state index contributed by atoms with van der Waals surface area (Å²) >= 11 is 1.29. The van der Waals surface area contributed by atoms with Crippen LogP contribution in [0.1, 0.15) is 22.5 Å². The predicted molar refractivity (Wildman–Crippen MR) is 121 cm³/mol. The highest BCUT2D eigenvalue weighted by molar-refractivity contribution is 7.17. The Labute approximate surface area is 183 Å². The minimum absolute atomic E-state index is 0.138. The maximum absolute atomic E-state index is 13.1. The van der Waals surface area contributed by atoms with Crippen molar-refractivity contribution in [3.63, 3.8) is 0 Å². The molecule has 154 valence electrons. The van der Waals surface area contributed by atoms with Crippen molar-refractivity contribution in [1.82, 2.24) is 4.98 Å². The van der Waals surface area contributed by atoms with Gasteiger partial charge in [0, 0.05) is 29.9 Å². The molecule has 0 bridgehead atoms. The first-order valence-electron chi connectivity index (χ1n) is 10.0. The van der Waals surface area contributed by atoms with Gasteiger partial charge in [0.15, 0.2) is 10.8 Å². The summed E-state index contributed by atoms with van der Waals surface area (Å²) in [5.74, 6) is 0.527. The molecule has 31 heavy (non-hydrogen) atoms. The SMILES string of the molecule is O=C(Nc1ccc(N2CCCC2=O)cc1)c1sc(-c2ccco2)nc1-c1ccccc1. The van der Waals surface area contributed by atoms with Crippen molar-refractivity contribution in [2.24, 2.45) is 0 Å². The number of anilines is 2. The quantitative estimate of drug-likeness (QED) is 0.458. The Hall–Kier alpha value is -3.71. The summed E-state index contributed by atoms with van der Waals surface area (Å²) in [6, 6.07) is 20.6. The van der Waals surface area contributed by atoms with Gasteiger partial charge in [0.2, 0.25) is 5.91 Å². The molecule has 1 saturated heterocycles. The van der Waals surface area contributed by atoms with Crippen LogP contribution in [0.3, 0.4) is 0 Å². The molecule has 0 atom stereocenters. The average Bonchev–Trinajstić information content (AvgIpc) is 3.55. The van der Waals surface area contributed by atoms with Crippen molar-refractivity contribution in [2.75, 3.05) is 16.8 Å². The third-order valence-corrected chi connectivity index (χ3v) is 6.19. The van der Waals surface area contributed by atoms with Crippen molar-refractivity contribution in [3.05, 3.63) is 77.9 Å². The second-order valence-electron chi connectivity index (χ2n) is 7.19. The smallest absolute Gasteiger partial charge is 0.268 e. The van der Waals surface area contributed by atoms with Crippen LogP contribution in [0, 0.1) is 0 Å². The third kappa shape index (κ3) is 3.87. The first kappa shape index (κ1) is 19.3. The summed E-state index contributed by atoms with van der Waals surface area (Å²) < 4.78 is 5.48. The number of carbonyl (C=O) groups excluding carboxylic acids is 2. The van der Waals surface area contributed by atoms with E-state index in [9.17, 15) is 9.59 Å². The molecular weight excluding hydrogens is 410 g/mol. The monoisotopic (exact) mass is 429 g/mol. The third-order valence-electron chi connectivity index (χ3n) is 5.12. The number of hydrogen-bond donors (Lipinski definition) is 1. The molecule has 2 aromatic heterocycles. The summed E-state index contributed by atoms with van der Waals surface area (Å²) in [5.41, 5.74) is 2.99. The Morgan fingerprint density at radius 2 is 1.84 bits per heavy atom. The van der Waals surface area contributed by atoms with Crippen LogP contribution in [0.25, 0.3) is 22.0 Å². The second-order valence-corrected chi connectivity index (χ2v) is 8.19. The van der Waals surface area contributed by atoms with E-state index in [0.29, 0.717) is 33.4 Å². The zero-order valence-corrected chi connectivity index (χ0v) is 17.4. The molecule has 0 unspecified atom stereocenters. The number of amides is 2. The number of carbonyl (C=O) groups is 2. The molecule has 2 aromatic carbocycles. The average molecular weight is 430 g/mol. The highest BCUT2D eigenvalue weighted by atomic mass is 32.1. The van der Waals surface area contributed by atoms with Gasteiger partial charge in [0.25, 0.3) is 5.91 Å². The van der Waals surface area contributed by atoms with Crippen molar-refractivity contribution < 1.29 is 14.0 Å². The van der Waals surface area contributed by atoms with E-state index in [4.69, 9.17) is 4.42 Å². The molecule has 2 amide bonds. The topological polar surface area (TPSA) is 75.4 Å². The molecule has 1 N–H and O–H groups in total. The number of thiazole rings is 1. The van der Waals surface area contributed by atoms with E-state index in [1.807, 2.05) is 60.7 Å². The van der Waals surface area contributed by atoms with E-state index < -0.39 is 0 Å². The molecule has 0 saturated carbocycles. The van der Waals surface area contributed by atoms with Crippen LogP contribution >= 0.6 is 11.3 Å². The lowest BCUT2D eigenvalue weighted by atomic mass is 10.1. The molecule has 6 nitrogen and oxygen atoms in total. The van der Waals surface area contributed by atoms with E-state index in [-0.39, 0.29) is 11.8 Å². The Bertz CT molecular complexity index is 1210. The Morgan fingerprint density at radius 3 is 2.52 bits per heavy atom. The molecule has 4 aromatic rings. The fraction of sp³-hybridized carbons (Fsp3) is 0.125. The fourth-order valence-electron chi connectivity index (χ4n) is 3.61. The molecule has 7 heteroatoms. The number of furan rings is 1. The molecule has 1 fully saturated rings.